The zero-order chi connectivity index (χ0) is 13.8. The number of aromatic nitrogens is 2. The van der Waals surface area contributed by atoms with Gasteiger partial charge in [-0.2, -0.15) is 5.10 Å². The van der Waals surface area contributed by atoms with Crippen LogP contribution in [0.2, 0.25) is 0 Å². The second kappa shape index (κ2) is 5.86. The molecule has 0 radical (unpaired) electrons. The van der Waals surface area contributed by atoms with E-state index < -0.39 is 5.97 Å². The number of carbonyl (C=O) groups excluding carboxylic acids is 1. The molecule has 0 unspecified atom stereocenters. The van der Waals surface area contributed by atoms with Gasteiger partial charge in [0.25, 0.3) is 5.91 Å². The predicted octanol–water partition coefficient (Wildman–Crippen LogP) is 1.28. The third-order valence-electron chi connectivity index (χ3n) is 3.62. The lowest BCUT2D eigenvalue weighted by molar-refractivity contribution is -0.137. The number of nitrogens with zero attached hydrogens (tertiary/aromatic N) is 3. The zero-order valence-electron chi connectivity index (χ0n) is 11.1. The molecule has 2 heterocycles. The van der Waals surface area contributed by atoms with E-state index in [2.05, 4.69) is 5.10 Å². The van der Waals surface area contributed by atoms with Crippen molar-refractivity contribution in [2.24, 2.45) is 7.05 Å². The number of aliphatic carboxylic acids is 1. The van der Waals surface area contributed by atoms with E-state index in [-0.39, 0.29) is 18.4 Å². The average Bonchev–Trinajstić information content (AvgIpc) is 2.82. The van der Waals surface area contributed by atoms with Crippen molar-refractivity contribution in [3.05, 3.63) is 18.0 Å². The lowest BCUT2D eigenvalue weighted by Gasteiger charge is -2.35. The van der Waals surface area contributed by atoms with E-state index in [9.17, 15) is 9.59 Å². The van der Waals surface area contributed by atoms with Crippen LogP contribution in [0.15, 0.2) is 12.3 Å². The quantitative estimate of drug-likeness (QED) is 0.889. The van der Waals surface area contributed by atoms with Crippen LogP contribution in [0.5, 0.6) is 0 Å². The zero-order valence-corrected chi connectivity index (χ0v) is 11.1. The van der Waals surface area contributed by atoms with Gasteiger partial charge < -0.3 is 10.0 Å². The second-order valence-electron chi connectivity index (χ2n) is 4.92. The summed E-state index contributed by atoms with van der Waals surface area (Å²) in [5.41, 5.74) is 0.558. The summed E-state index contributed by atoms with van der Waals surface area (Å²) in [7, 11) is 1.74. The molecule has 0 aromatic carbocycles. The molecule has 0 aliphatic carbocycles. The molecule has 1 atom stereocenters. The number of aryl methyl sites for hydroxylation is 1. The summed E-state index contributed by atoms with van der Waals surface area (Å²) in [5, 5.41) is 12.8. The number of carboxylic acid groups (broad SMARTS) is 1. The number of hydrogen-bond acceptors (Lipinski definition) is 3. The summed E-state index contributed by atoms with van der Waals surface area (Å²) in [6, 6.07) is 1.73. The van der Waals surface area contributed by atoms with E-state index in [1.165, 1.54) is 0 Å². The molecule has 2 rings (SSSR count). The van der Waals surface area contributed by atoms with Gasteiger partial charge in [0.2, 0.25) is 0 Å². The Kier molecular flexibility index (Phi) is 4.19. The number of piperidine rings is 1. The molecular formula is C13H19N3O3. The van der Waals surface area contributed by atoms with Crippen LogP contribution in [0.3, 0.4) is 0 Å². The molecule has 1 N–H and O–H groups in total. The van der Waals surface area contributed by atoms with Crippen molar-refractivity contribution < 1.29 is 14.7 Å². The van der Waals surface area contributed by atoms with E-state index in [0.29, 0.717) is 18.7 Å². The van der Waals surface area contributed by atoms with Gasteiger partial charge in [-0.05, 0) is 31.7 Å². The van der Waals surface area contributed by atoms with Crippen LogP contribution in [0, 0.1) is 0 Å². The molecule has 1 saturated heterocycles. The molecule has 1 fully saturated rings. The summed E-state index contributed by atoms with van der Waals surface area (Å²) in [6.07, 6.45) is 5.16. The fourth-order valence-electron chi connectivity index (χ4n) is 2.59. The van der Waals surface area contributed by atoms with Crippen LogP contribution in [0.4, 0.5) is 0 Å². The van der Waals surface area contributed by atoms with Crippen LogP contribution in [-0.2, 0) is 11.8 Å². The molecule has 1 amide bonds. The van der Waals surface area contributed by atoms with Gasteiger partial charge in [0.1, 0.15) is 5.69 Å². The van der Waals surface area contributed by atoms with Gasteiger partial charge in [-0.25, -0.2) is 0 Å². The second-order valence-corrected chi connectivity index (χ2v) is 4.92. The van der Waals surface area contributed by atoms with Crippen molar-refractivity contribution in [2.75, 3.05) is 6.54 Å². The van der Waals surface area contributed by atoms with E-state index in [0.717, 1.165) is 19.3 Å². The van der Waals surface area contributed by atoms with Gasteiger partial charge in [-0.1, -0.05) is 0 Å². The van der Waals surface area contributed by atoms with Gasteiger partial charge in [-0.15, -0.1) is 0 Å². The molecule has 0 bridgehead atoms. The predicted molar refractivity (Wildman–Crippen MR) is 68.8 cm³/mol. The number of carboxylic acids is 1. The maximum atomic E-state index is 12.5. The lowest BCUT2D eigenvalue weighted by Crippen LogP contribution is -2.44. The fourth-order valence-corrected chi connectivity index (χ4v) is 2.59. The minimum atomic E-state index is -0.807. The first-order valence-electron chi connectivity index (χ1n) is 6.60. The summed E-state index contributed by atoms with van der Waals surface area (Å²) in [4.78, 5) is 24.9. The van der Waals surface area contributed by atoms with Crippen LogP contribution in [-0.4, -0.2) is 44.3 Å². The fraction of sp³-hybridized carbons (Fsp3) is 0.615. The Bertz CT molecular complexity index is 469. The molecule has 104 valence electrons. The smallest absolute Gasteiger partial charge is 0.303 e. The first-order chi connectivity index (χ1) is 9.09. The van der Waals surface area contributed by atoms with E-state index in [1.54, 1.807) is 24.0 Å². The maximum Gasteiger partial charge on any atom is 0.303 e. The van der Waals surface area contributed by atoms with Gasteiger partial charge >= 0.3 is 5.97 Å². The van der Waals surface area contributed by atoms with Crippen LogP contribution >= 0.6 is 0 Å². The Balaban J connectivity index is 2.08. The van der Waals surface area contributed by atoms with E-state index in [4.69, 9.17) is 5.11 Å². The molecule has 1 aromatic rings. The Labute approximate surface area is 112 Å². The molecule has 0 saturated carbocycles. The van der Waals surface area contributed by atoms with E-state index >= 15 is 0 Å². The summed E-state index contributed by atoms with van der Waals surface area (Å²) in [6.45, 7) is 0.703. The third-order valence-corrected chi connectivity index (χ3v) is 3.62. The monoisotopic (exact) mass is 265 g/mol. The van der Waals surface area contributed by atoms with Crippen molar-refractivity contribution in [1.82, 2.24) is 14.7 Å². The molecule has 19 heavy (non-hydrogen) atoms. The molecule has 6 heteroatoms. The number of carbonyl (C=O) groups is 2. The Morgan fingerprint density at radius 2 is 2.26 bits per heavy atom. The minimum absolute atomic E-state index is 0.0345. The van der Waals surface area contributed by atoms with Crippen LogP contribution < -0.4 is 0 Å². The SMILES string of the molecule is Cn1nccc1C(=O)N1CCCC[C@@H]1CCC(=O)O. The van der Waals surface area contributed by atoms with Crippen molar-refractivity contribution in [3.8, 4) is 0 Å². The molecule has 1 aliphatic rings. The van der Waals surface area contributed by atoms with Crippen molar-refractivity contribution >= 4 is 11.9 Å². The van der Waals surface area contributed by atoms with E-state index in [1.807, 2.05) is 4.90 Å². The molecular weight excluding hydrogens is 246 g/mol. The number of hydrogen-bond donors (Lipinski definition) is 1. The van der Waals surface area contributed by atoms with Crippen LogP contribution in [0.25, 0.3) is 0 Å². The standard InChI is InChI=1S/C13H19N3O3/c1-15-11(7-8-14-15)13(19)16-9-3-2-4-10(16)5-6-12(17)18/h7-8,10H,2-6,9H2,1H3,(H,17,18)/t10-/m1/s1. The Hall–Kier alpha value is -1.85. The van der Waals surface area contributed by atoms with Gasteiger partial charge in [0.15, 0.2) is 0 Å². The van der Waals surface area contributed by atoms with Gasteiger partial charge in [-0.3, -0.25) is 14.3 Å². The molecule has 6 nitrogen and oxygen atoms in total. The van der Waals surface area contributed by atoms with Crippen molar-refractivity contribution in [1.29, 1.82) is 0 Å². The highest BCUT2D eigenvalue weighted by Crippen LogP contribution is 2.22. The highest BCUT2D eigenvalue weighted by molar-refractivity contribution is 5.92. The largest absolute Gasteiger partial charge is 0.481 e. The van der Waals surface area contributed by atoms with Gasteiger partial charge in [0.05, 0.1) is 0 Å². The Morgan fingerprint density at radius 1 is 1.47 bits per heavy atom. The highest BCUT2D eigenvalue weighted by atomic mass is 16.4. The number of amides is 1. The van der Waals surface area contributed by atoms with Gasteiger partial charge in [0, 0.05) is 32.3 Å². The summed E-state index contributed by atoms with van der Waals surface area (Å²) < 4.78 is 1.56. The third kappa shape index (κ3) is 3.13. The Morgan fingerprint density at radius 3 is 2.89 bits per heavy atom. The topological polar surface area (TPSA) is 75.4 Å². The molecule has 1 aromatic heterocycles. The van der Waals surface area contributed by atoms with Crippen LogP contribution in [0.1, 0.15) is 42.6 Å². The molecule has 0 spiro atoms. The number of likely N-dealkylation sites (tertiary alicyclic amines) is 1. The van der Waals surface area contributed by atoms with Crippen molar-refractivity contribution in [2.45, 2.75) is 38.1 Å². The average molecular weight is 265 g/mol. The minimum Gasteiger partial charge on any atom is -0.481 e. The summed E-state index contributed by atoms with van der Waals surface area (Å²) >= 11 is 0. The number of rotatable bonds is 4. The highest BCUT2D eigenvalue weighted by Gasteiger charge is 2.28. The molecule has 1 aliphatic heterocycles. The first-order valence-corrected chi connectivity index (χ1v) is 6.60. The van der Waals surface area contributed by atoms with Crippen molar-refractivity contribution in [3.63, 3.8) is 0 Å². The normalized spacial score (nSPS) is 19.4. The summed E-state index contributed by atoms with van der Waals surface area (Å²) in [5.74, 6) is -0.853. The lowest BCUT2D eigenvalue weighted by atomic mass is 9.97. The maximum absolute atomic E-state index is 12.5. The first kappa shape index (κ1) is 13.6.